The maximum atomic E-state index is 12.4. The van der Waals surface area contributed by atoms with Crippen molar-refractivity contribution in [3.05, 3.63) is 15.9 Å². The fourth-order valence-corrected chi connectivity index (χ4v) is 5.77. The first-order valence-electron chi connectivity index (χ1n) is 6.61. The van der Waals surface area contributed by atoms with Gasteiger partial charge in [0.25, 0.3) is 10.0 Å². The van der Waals surface area contributed by atoms with Crippen LogP contribution in [-0.4, -0.2) is 45.1 Å². The Hall–Kier alpha value is 0.300. The standard InChI is InChI=1S/C12H19BrN2O3S2.ClH/c13-11-2-3-12(19-11)20(16,17)15-7-4-10(5-8-15)18-9-1-6-14;/h2-3,10H,1,4-9,14H2;1H. The molecule has 0 aliphatic carbocycles. The summed E-state index contributed by atoms with van der Waals surface area (Å²) in [5.74, 6) is 0. The number of ether oxygens (including phenoxy) is 1. The molecule has 1 aromatic rings. The van der Waals surface area contributed by atoms with E-state index in [-0.39, 0.29) is 18.5 Å². The van der Waals surface area contributed by atoms with Crippen molar-refractivity contribution in [1.29, 1.82) is 0 Å². The van der Waals surface area contributed by atoms with Gasteiger partial charge in [-0.15, -0.1) is 23.7 Å². The summed E-state index contributed by atoms with van der Waals surface area (Å²) < 4.78 is 33.3. The van der Waals surface area contributed by atoms with Crippen molar-refractivity contribution < 1.29 is 13.2 Å². The third-order valence-corrected chi connectivity index (χ3v) is 7.24. The number of piperidine rings is 1. The highest BCUT2D eigenvalue weighted by atomic mass is 79.9. The number of hydrogen-bond donors (Lipinski definition) is 1. The number of hydrogen-bond acceptors (Lipinski definition) is 5. The summed E-state index contributed by atoms with van der Waals surface area (Å²) >= 11 is 4.55. The maximum absolute atomic E-state index is 12.4. The molecule has 0 spiro atoms. The van der Waals surface area contributed by atoms with Crippen LogP contribution in [-0.2, 0) is 14.8 Å². The Kier molecular flexibility index (Phi) is 8.11. The predicted molar refractivity (Wildman–Crippen MR) is 90.7 cm³/mol. The van der Waals surface area contributed by atoms with E-state index >= 15 is 0 Å². The molecule has 1 aliphatic rings. The summed E-state index contributed by atoms with van der Waals surface area (Å²) in [6, 6.07) is 3.41. The molecule has 9 heteroatoms. The molecule has 0 radical (unpaired) electrons. The quantitative estimate of drug-likeness (QED) is 0.719. The number of nitrogens with zero attached hydrogens (tertiary/aromatic N) is 1. The van der Waals surface area contributed by atoms with Gasteiger partial charge in [0.05, 0.1) is 9.89 Å². The molecule has 5 nitrogen and oxygen atoms in total. The molecule has 2 heterocycles. The van der Waals surface area contributed by atoms with Crippen molar-refractivity contribution >= 4 is 49.7 Å². The van der Waals surface area contributed by atoms with E-state index in [1.54, 1.807) is 16.4 Å². The molecule has 0 unspecified atom stereocenters. The Morgan fingerprint density at radius 1 is 1.38 bits per heavy atom. The smallest absolute Gasteiger partial charge is 0.252 e. The van der Waals surface area contributed by atoms with Crippen molar-refractivity contribution in [2.24, 2.45) is 5.73 Å². The zero-order chi connectivity index (χ0) is 14.6. The van der Waals surface area contributed by atoms with E-state index in [9.17, 15) is 8.42 Å². The molecule has 122 valence electrons. The van der Waals surface area contributed by atoms with Crippen LogP contribution in [0.5, 0.6) is 0 Å². The van der Waals surface area contributed by atoms with Crippen LogP contribution in [0, 0.1) is 0 Å². The lowest BCUT2D eigenvalue weighted by Crippen LogP contribution is -2.40. The second-order valence-electron chi connectivity index (χ2n) is 4.68. The Morgan fingerprint density at radius 2 is 2.05 bits per heavy atom. The van der Waals surface area contributed by atoms with E-state index in [1.165, 1.54) is 11.3 Å². The van der Waals surface area contributed by atoms with Crippen LogP contribution in [0.25, 0.3) is 0 Å². The Bertz CT molecular complexity index is 530. The number of nitrogens with two attached hydrogens (primary N) is 1. The Labute approximate surface area is 144 Å². The van der Waals surface area contributed by atoms with Gasteiger partial charge >= 0.3 is 0 Å². The topological polar surface area (TPSA) is 72.6 Å². The van der Waals surface area contributed by atoms with E-state index in [2.05, 4.69) is 15.9 Å². The fraction of sp³-hybridized carbons (Fsp3) is 0.667. The molecule has 1 aliphatic heterocycles. The van der Waals surface area contributed by atoms with Crippen molar-refractivity contribution in [2.75, 3.05) is 26.2 Å². The van der Waals surface area contributed by atoms with Crippen LogP contribution in [0.4, 0.5) is 0 Å². The Balaban J connectivity index is 0.00000220. The first kappa shape index (κ1) is 19.3. The van der Waals surface area contributed by atoms with Crippen molar-refractivity contribution in [3.63, 3.8) is 0 Å². The van der Waals surface area contributed by atoms with E-state index in [0.717, 1.165) is 23.0 Å². The van der Waals surface area contributed by atoms with Gasteiger partial charge in [-0.3, -0.25) is 0 Å². The van der Waals surface area contributed by atoms with Gasteiger partial charge in [0.15, 0.2) is 0 Å². The normalized spacial score (nSPS) is 17.6. The van der Waals surface area contributed by atoms with E-state index in [0.29, 0.717) is 30.5 Å². The molecule has 2 rings (SSSR count). The van der Waals surface area contributed by atoms with Gasteiger partial charge in [-0.25, -0.2) is 8.42 Å². The van der Waals surface area contributed by atoms with Gasteiger partial charge in [0, 0.05) is 19.7 Å². The molecule has 1 fully saturated rings. The van der Waals surface area contributed by atoms with Gasteiger partial charge in [0.2, 0.25) is 0 Å². The zero-order valence-corrected chi connectivity index (χ0v) is 15.6. The number of rotatable bonds is 6. The maximum Gasteiger partial charge on any atom is 0.252 e. The highest BCUT2D eigenvalue weighted by Gasteiger charge is 2.30. The van der Waals surface area contributed by atoms with Gasteiger partial charge in [0.1, 0.15) is 4.21 Å². The lowest BCUT2D eigenvalue weighted by molar-refractivity contribution is 0.0209. The number of halogens is 2. The van der Waals surface area contributed by atoms with Gasteiger partial charge in [-0.1, -0.05) is 0 Å². The summed E-state index contributed by atoms with van der Waals surface area (Å²) in [5, 5.41) is 0. The van der Waals surface area contributed by atoms with Crippen LogP contribution in [0.1, 0.15) is 19.3 Å². The molecule has 2 N–H and O–H groups in total. The van der Waals surface area contributed by atoms with Crippen molar-refractivity contribution in [2.45, 2.75) is 29.6 Å². The van der Waals surface area contributed by atoms with Crippen molar-refractivity contribution in [1.82, 2.24) is 4.31 Å². The van der Waals surface area contributed by atoms with E-state index in [4.69, 9.17) is 10.5 Å². The average molecular weight is 420 g/mol. The molecular formula is C12H20BrClN2O3S2. The van der Waals surface area contributed by atoms with Crippen LogP contribution < -0.4 is 5.73 Å². The summed E-state index contributed by atoms with van der Waals surface area (Å²) in [6.07, 6.45) is 2.50. The van der Waals surface area contributed by atoms with Gasteiger partial charge < -0.3 is 10.5 Å². The number of sulfonamides is 1. The molecule has 1 aromatic heterocycles. The zero-order valence-electron chi connectivity index (χ0n) is 11.5. The minimum Gasteiger partial charge on any atom is -0.378 e. The summed E-state index contributed by atoms with van der Waals surface area (Å²) in [4.78, 5) is 0. The molecule has 0 bridgehead atoms. The second kappa shape index (κ2) is 8.81. The summed E-state index contributed by atoms with van der Waals surface area (Å²) in [6.45, 7) is 2.32. The summed E-state index contributed by atoms with van der Waals surface area (Å²) in [7, 11) is -3.34. The van der Waals surface area contributed by atoms with Crippen LogP contribution >= 0.6 is 39.7 Å². The molecule has 21 heavy (non-hydrogen) atoms. The lowest BCUT2D eigenvalue weighted by Gasteiger charge is -2.30. The van der Waals surface area contributed by atoms with E-state index < -0.39 is 10.0 Å². The number of thiophene rings is 1. The molecule has 0 amide bonds. The van der Waals surface area contributed by atoms with Crippen LogP contribution in [0.15, 0.2) is 20.1 Å². The SMILES string of the molecule is Cl.NCCCOC1CCN(S(=O)(=O)c2ccc(Br)s2)CC1. The third kappa shape index (κ3) is 5.16. The average Bonchev–Trinajstić information content (AvgIpc) is 2.87. The molecule has 0 atom stereocenters. The molecule has 0 aromatic carbocycles. The minimum atomic E-state index is -3.34. The first-order valence-corrected chi connectivity index (χ1v) is 9.66. The van der Waals surface area contributed by atoms with Crippen molar-refractivity contribution in [3.8, 4) is 0 Å². The van der Waals surface area contributed by atoms with E-state index in [1.807, 2.05) is 0 Å². The second-order valence-corrected chi connectivity index (χ2v) is 9.30. The van der Waals surface area contributed by atoms with Gasteiger partial charge in [-0.05, 0) is 53.9 Å². The highest BCUT2D eigenvalue weighted by molar-refractivity contribution is 9.11. The highest BCUT2D eigenvalue weighted by Crippen LogP contribution is 2.30. The largest absolute Gasteiger partial charge is 0.378 e. The van der Waals surface area contributed by atoms with Crippen LogP contribution in [0.3, 0.4) is 0 Å². The molecular weight excluding hydrogens is 400 g/mol. The van der Waals surface area contributed by atoms with Crippen LogP contribution in [0.2, 0.25) is 0 Å². The Morgan fingerprint density at radius 3 is 2.57 bits per heavy atom. The monoisotopic (exact) mass is 418 g/mol. The summed E-state index contributed by atoms with van der Waals surface area (Å²) in [5.41, 5.74) is 5.42. The lowest BCUT2D eigenvalue weighted by atomic mass is 10.1. The first-order chi connectivity index (χ1) is 9.54. The molecule has 0 saturated carbocycles. The molecule has 1 saturated heterocycles. The minimum absolute atomic E-state index is 0. The fourth-order valence-electron chi connectivity index (χ4n) is 2.14. The third-order valence-electron chi connectivity index (χ3n) is 3.25. The predicted octanol–water partition coefficient (Wildman–Crippen LogP) is 2.45. The van der Waals surface area contributed by atoms with Gasteiger partial charge in [-0.2, -0.15) is 4.31 Å².